The lowest BCUT2D eigenvalue weighted by Crippen LogP contribution is -2.06. The summed E-state index contributed by atoms with van der Waals surface area (Å²) in [4.78, 5) is 0. The van der Waals surface area contributed by atoms with Crippen LogP contribution in [0.1, 0.15) is 28.7 Å². The second kappa shape index (κ2) is 6.56. The first-order chi connectivity index (χ1) is 12.3. The summed E-state index contributed by atoms with van der Waals surface area (Å²) in [6.45, 7) is 0. The van der Waals surface area contributed by atoms with E-state index in [9.17, 15) is 4.39 Å². The predicted octanol–water partition coefficient (Wildman–Crippen LogP) is 5.74. The zero-order valence-corrected chi connectivity index (χ0v) is 14.1. The average molecular weight is 330 g/mol. The molecule has 0 saturated carbocycles. The second-order valence-electron chi connectivity index (χ2n) is 6.25. The van der Waals surface area contributed by atoms with Crippen molar-refractivity contribution in [2.75, 3.05) is 7.11 Å². The van der Waals surface area contributed by atoms with Crippen molar-refractivity contribution in [1.82, 2.24) is 0 Å². The number of methoxy groups -OCH3 is 1. The summed E-state index contributed by atoms with van der Waals surface area (Å²) in [5, 5.41) is 0. The number of fused-ring (bicyclic) bond motifs is 1. The van der Waals surface area contributed by atoms with E-state index in [4.69, 9.17) is 4.74 Å². The van der Waals surface area contributed by atoms with Gasteiger partial charge in [0.1, 0.15) is 11.6 Å². The van der Waals surface area contributed by atoms with Gasteiger partial charge in [0.2, 0.25) is 0 Å². The molecule has 1 nitrogen and oxygen atoms in total. The lowest BCUT2D eigenvalue weighted by Gasteiger charge is -2.24. The highest BCUT2D eigenvalue weighted by molar-refractivity contribution is 6.00. The number of benzene rings is 3. The molecule has 1 aliphatic carbocycles. The van der Waals surface area contributed by atoms with Crippen molar-refractivity contribution in [3.63, 3.8) is 0 Å². The van der Waals surface area contributed by atoms with E-state index in [1.165, 1.54) is 16.7 Å². The van der Waals surface area contributed by atoms with E-state index in [0.717, 1.165) is 35.3 Å². The maximum atomic E-state index is 14.0. The van der Waals surface area contributed by atoms with Crippen LogP contribution in [0.3, 0.4) is 0 Å². The Labute approximate surface area is 147 Å². The Morgan fingerprint density at radius 3 is 2.28 bits per heavy atom. The van der Waals surface area contributed by atoms with Gasteiger partial charge >= 0.3 is 0 Å². The van der Waals surface area contributed by atoms with Gasteiger partial charge in [0.25, 0.3) is 0 Å². The highest BCUT2D eigenvalue weighted by Crippen LogP contribution is 2.41. The summed E-state index contributed by atoms with van der Waals surface area (Å²) >= 11 is 0. The van der Waals surface area contributed by atoms with Crippen LogP contribution in [-0.4, -0.2) is 7.11 Å². The van der Waals surface area contributed by atoms with Crippen LogP contribution < -0.4 is 4.74 Å². The number of hydrogen-bond acceptors (Lipinski definition) is 1. The monoisotopic (exact) mass is 330 g/mol. The van der Waals surface area contributed by atoms with E-state index in [-0.39, 0.29) is 5.82 Å². The molecule has 0 amide bonds. The Morgan fingerprint density at radius 2 is 1.56 bits per heavy atom. The van der Waals surface area contributed by atoms with Crippen molar-refractivity contribution in [1.29, 1.82) is 0 Å². The number of aryl methyl sites for hydroxylation is 1. The van der Waals surface area contributed by atoms with E-state index in [1.54, 1.807) is 19.2 Å². The molecule has 0 fully saturated rings. The van der Waals surface area contributed by atoms with E-state index in [1.807, 2.05) is 24.3 Å². The molecular weight excluding hydrogens is 311 g/mol. The molecule has 0 spiro atoms. The topological polar surface area (TPSA) is 9.23 Å². The maximum absolute atomic E-state index is 14.0. The first-order valence-corrected chi connectivity index (χ1v) is 8.48. The van der Waals surface area contributed by atoms with Crippen molar-refractivity contribution in [3.05, 3.63) is 101 Å². The van der Waals surface area contributed by atoms with Crippen molar-refractivity contribution in [3.8, 4) is 5.75 Å². The Hall–Kier alpha value is -2.87. The molecule has 4 rings (SSSR count). The van der Waals surface area contributed by atoms with Crippen LogP contribution in [0.5, 0.6) is 5.75 Å². The Bertz CT molecular complexity index is 924. The summed E-state index contributed by atoms with van der Waals surface area (Å²) in [7, 11) is 1.66. The van der Waals surface area contributed by atoms with E-state index >= 15 is 0 Å². The first-order valence-electron chi connectivity index (χ1n) is 8.48. The Kier molecular flexibility index (Phi) is 4.10. The molecule has 0 bridgehead atoms. The standard InChI is InChI=1S/C23H19FO/c1-25-20-12-8-18(9-13-20)23-21(16-5-3-2-4-6-16)14-10-17-7-11-19(24)15-22(17)23/h2-9,11-13,15H,10,14H2,1H3. The molecule has 0 aliphatic heterocycles. The molecule has 0 radical (unpaired) electrons. The van der Waals surface area contributed by atoms with Crippen molar-refractivity contribution >= 4 is 11.1 Å². The highest BCUT2D eigenvalue weighted by atomic mass is 19.1. The molecule has 0 aromatic heterocycles. The second-order valence-corrected chi connectivity index (χ2v) is 6.25. The molecule has 3 aromatic carbocycles. The molecule has 25 heavy (non-hydrogen) atoms. The fourth-order valence-corrected chi connectivity index (χ4v) is 3.56. The van der Waals surface area contributed by atoms with Crippen LogP contribution >= 0.6 is 0 Å². The van der Waals surface area contributed by atoms with Gasteiger partial charge in [0, 0.05) is 0 Å². The average Bonchev–Trinajstić information content (AvgIpc) is 2.68. The molecule has 0 atom stereocenters. The zero-order valence-electron chi connectivity index (χ0n) is 14.1. The lowest BCUT2D eigenvalue weighted by molar-refractivity contribution is 0.415. The largest absolute Gasteiger partial charge is 0.497 e. The van der Waals surface area contributed by atoms with Gasteiger partial charge in [-0.1, -0.05) is 48.5 Å². The minimum absolute atomic E-state index is 0.195. The van der Waals surface area contributed by atoms with Gasteiger partial charge in [-0.25, -0.2) is 4.39 Å². The van der Waals surface area contributed by atoms with Gasteiger partial charge in [0.05, 0.1) is 7.11 Å². The quantitative estimate of drug-likeness (QED) is 0.595. The molecule has 0 N–H and O–H groups in total. The molecule has 2 heteroatoms. The molecule has 0 saturated heterocycles. The van der Waals surface area contributed by atoms with Crippen molar-refractivity contribution in [2.45, 2.75) is 12.8 Å². The van der Waals surface area contributed by atoms with Crippen molar-refractivity contribution < 1.29 is 9.13 Å². The van der Waals surface area contributed by atoms with Crippen LogP contribution in [0.2, 0.25) is 0 Å². The van der Waals surface area contributed by atoms with Crippen LogP contribution in [-0.2, 0) is 6.42 Å². The molecule has 0 unspecified atom stereocenters. The third-order valence-corrected chi connectivity index (χ3v) is 4.79. The first kappa shape index (κ1) is 15.6. The molecular formula is C23H19FO. The fourth-order valence-electron chi connectivity index (χ4n) is 3.56. The smallest absolute Gasteiger partial charge is 0.123 e. The summed E-state index contributed by atoms with van der Waals surface area (Å²) in [6.07, 6.45) is 1.88. The van der Waals surface area contributed by atoms with E-state index < -0.39 is 0 Å². The van der Waals surface area contributed by atoms with Gasteiger partial charge in [-0.3, -0.25) is 0 Å². The van der Waals surface area contributed by atoms with Crippen LogP contribution in [0.4, 0.5) is 4.39 Å². The molecule has 124 valence electrons. The third kappa shape index (κ3) is 2.96. The molecule has 0 heterocycles. The van der Waals surface area contributed by atoms with Gasteiger partial charge in [0.15, 0.2) is 0 Å². The fraction of sp³-hybridized carbons (Fsp3) is 0.130. The van der Waals surface area contributed by atoms with Crippen molar-refractivity contribution in [2.24, 2.45) is 0 Å². The Balaban J connectivity index is 1.96. The number of rotatable bonds is 3. The normalized spacial score (nSPS) is 13.5. The van der Waals surface area contributed by atoms with Crippen LogP contribution in [0.25, 0.3) is 11.1 Å². The zero-order chi connectivity index (χ0) is 17.2. The summed E-state index contributed by atoms with van der Waals surface area (Å²) < 4.78 is 19.3. The lowest BCUT2D eigenvalue weighted by atomic mass is 9.80. The summed E-state index contributed by atoms with van der Waals surface area (Å²) in [5.41, 5.74) is 6.87. The molecule has 1 aliphatic rings. The predicted molar refractivity (Wildman–Crippen MR) is 100 cm³/mol. The Morgan fingerprint density at radius 1 is 0.800 bits per heavy atom. The molecule has 3 aromatic rings. The van der Waals surface area contributed by atoms with Gasteiger partial charge < -0.3 is 4.74 Å². The maximum Gasteiger partial charge on any atom is 0.123 e. The summed E-state index contributed by atoms with van der Waals surface area (Å²) in [5.74, 6) is 0.625. The van der Waals surface area contributed by atoms with Gasteiger partial charge in [-0.2, -0.15) is 0 Å². The minimum Gasteiger partial charge on any atom is -0.497 e. The highest BCUT2D eigenvalue weighted by Gasteiger charge is 2.22. The van der Waals surface area contributed by atoms with E-state index in [0.29, 0.717) is 0 Å². The third-order valence-electron chi connectivity index (χ3n) is 4.79. The number of ether oxygens (including phenoxy) is 1. The summed E-state index contributed by atoms with van der Waals surface area (Å²) in [6, 6.07) is 23.5. The number of halogens is 1. The minimum atomic E-state index is -0.195. The van der Waals surface area contributed by atoms with Crippen LogP contribution in [0.15, 0.2) is 72.8 Å². The van der Waals surface area contributed by atoms with E-state index in [2.05, 4.69) is 36.4 Å². The SMILES string of the molecule is COc1ccc(C2=C(c3ccccc3)CCc3ccc(F)cc32)cc1. The van der Waals surface area contributed by atoms with Gasteiger partial charge in [-0.15, -0.1) is 0 Å². The number of hydrogen-bond donors (Lipinski definition) is 0. The van der Waals surface area contributed by atoms with Crippen LogP contribution in [0, 0.1) is 5.82 Å². The number of allylic oxidation sites excluding steroid dienone is 1. The van der Waals surface area contributed by atoms with Gasteiger partial charge in [-0.05, 0) is 70.5 Å².